The molecule has 0 atom stereocenters. The zero-order valence-corrected chi connectivity index (χ0v) is 11.5. The molecule has 0 aromatic heterocycles. The molecule has 0 saturated heterocycles. The van der Waals surface area contributed by atoms with Gasteiger partial charge in [-0.1, -0.05) is 94.7 Å². The Kier molecular flexibility index (Phi) is 2.53. The minimum Gasteiger partial charge on any atom is -0.0686 e. The Labute approximate surface area is 120 Å². The normalized spacial score (nSPS) is 12.2. The molecular weight excluding hydrogens is 239 g/mol. The van der Waals surface area contributed by atoms with Crippen molar-refractivity contribution in [3.63, 3.8) is 0 Å². The van der Waals surface area contributed by atoms with Gasteiger partial charge in [0.25, 0.3) is 0 Å². The molecule has 1 aliphatic heterocycles. The van der Waals surface area contributed by atoms with Crippen LogP contribution in [-0.2, 0) is 0 Å². The summed E-state index contributed by atoms with van der Waals surface area (Å²) in [7, 11) is 0. The minimum atomic E-state index is 0.378. The number of benzene rings is 3. The van der Waals surface area contributed by atoms with Crippen molar-refractivity contribution in [3.8, 4) is 11.1 Å². The van der Waals surface area contributed by atoms with Gasteiger partial charge in [-0.2, -0.15) is 0 Å². The van der Waals surface area contributed by atoms with E-state index in [2.05, 4.69) is 79.7 Å². The molecule has 0 amide bonds. The number of rotatable bonds is 1. The van der Waals surface area contributed by atoms with E-state index in [9.17, 15) is 0 Å². The van der Waals surface area contributed by atoms with Crippen LogP contribution in [-0.4, -0.2) is 6.71 Å². The third kappa shape index (κ3) is 1.63. The van der Waals surface area contributed by atoms with Crippen LogP contribution in [0.2, 0.25) is 0 Å². The van der Waals surface area contributed by atoms with Crippen LogP contribution in [0.3, 0.4) is 0 Å². The summed E-state index contributed by atoms with van der Waals surface area (Å²) < 4.78 is 0. The van der Waals surface area contributed by atoms with Gasteiger partial charge >= 0.3 is 0 Å². The van der Waals surface area contributed by atoms with E-state index in [4.69, 9.17) is 0 Å². The molecule has 94 valence electrons. The largest absolute Gasteiger partial charge is 0.242 e. The standard InChI is InChI=1S/C19H15B/c1-14-11-12-19-17(13-14)16-9-5-6-10-18(16)20(19)15-7-3-2-4-8-15/h2-13H,1H3. The molecule has 0 saturated carbocycles. The first-order valence-electron chi connectivity index (χ1n) is 7.09. The molecule has 1 heteroatoms. The summed E-state index contributed by atoms with van der Waals surface area (Å²) in [6.07, 6.45) is 0. The molecule has 20 heavy (non-hydrogen) atoms. The fourth-order valence-electron chi connectivity index (χ4n) is 3.32. The lowest BCUT2D eigenvalue weighted by Crippen LogP contribution is -2.48. The highest BCUT2D eigenvalue weighted by Gasteiger charge is 2.32. The highest BCUT2D eigenvalue weighted by Crippen LogP contribution is 2.23. The van der Waals surface area contributed by atoms with E-state index in [1.165, 1.54) is 33.1 Å². The van der Waals surface area contributed by atoms with Crippen LogP contribution >= 0.6 is 0 Å². The molecule has 1 aliphatic rings. The molecule has 0 nitrogen and oxygen atoms in total. The second-order valence-corrected chi connectivity index (χ2v) is 5.52. The van der Waals surface area contributed by atoms with E-state index in [1.54, 1.807) is 0 Å². The van der Waals surface area contributed by atoms with Gasteiger partial charge < -0.3 is 0 Å². The quantitative estimate of drug-likeness (QED) is 0.458. The van der Waals surface area contributed by atoms with E-state index in [1.807, 2.05) is 0 Å². The molecule has 4 rings (SSSR count). The van der Waals surface area contributed by atoms with Gasteiger partial charge in [-0.05, 0) is 18.1 Å². The summed E-state index contributed by atoms with van der Waals surface area (Å²) in [6, 6.07) is 26.4. The van der Waals surface area contributed by atoms with Gasteiger partial charge in [0.15, 0.2) is 0 Å². The smallest absolute Gasteiger partial charge is 0.0686 e. The molecule has 3 aromatic carbocycles. The fourth-order valence-corrected chi connectivity index (χ4v) is 3.32. The zero-order valence-electron chi connectivity index (χ0n) is 11.5. The maximum atomic E-state index is 2.32. The van der Waals surface area contributed by atoms with E-state index in [0.29, 0.717) is 6.71 Å². The zero-order chi connectivity index (χ0) is 13.5. The van der Waals surface area contributed by atoms with Crippen molar-refractivity contribution in [2.45, 2.75) is 6.92 Å². The lowest BCUT2D eigenvalue weighted by atomic mass is 9.39. The van der Waals surface area contributed by atoms with Crippen LogP contribution in [0, 0.1) is 6.92 Å². The average molecular weight is 254 g/mol. The highest BCUT2D eigenvalue weighted by molar-refractivity contribution is 6.99. The van der Waals surface area contributed by atoms with E-state index in [0.717, 1.165) is 0 Å². The highest BCUT2D eigenvalue weighted by atomic mass is 14.2. The van der Waals surface area contributed by atoms with Crippen LogP contribution < -0.4 is 16.4 Å². The molecule has 3 aromatic rings. The Hall–Kier alpha value is -2.28. The molecule has 0 radical (unpaired) electrons. The van der Waals surface area contributed by atoms with Crippen molar-refractivity contribution in [2.75, 3.05) is 0 Å². The van der Waals surface area contributed by atoms with Gasteiger partial charge in [-0.15, -0.1) is 0 Å². The molecule has 0 N–H and O–H groups in total. The van der Waals surface area contributed by atoms with Crippen molar-refractivity contribution in [1.82, 2.24) is 0 Å². The van der Waals surface area contributed by atoms with Gasteiger partial charge in [0, 0.05) is 0 Å². The molecule has 0 spiro atoms. The lowest BCUT2D eigenvalue weighted by molar-refractivity contribution is 1.49. The average Bonchev–Trinajstić information content (AvgIpc) is 2.82. The topological polar surface area (TPSA) is 0 Å². The van der Waals surface area contributed by atoms with Crippen LogP contribution in [0.25, 0.3) is 11.1 Å². The third-order valence-corrected chi connectivity index (χ3v) is 4.21. The Balaban J connectivity index is 2.02. The summed E-state index contributed by atoms with van der Waals surface area (Å²) in [6.45, 7) is 2.54. The van der Waals surface area contributed by atoms with Gasteiger partial charge in [-0.25, -0.2) is 0 Å². The lowest BCUT2D eigenvalue weighted by Gasteiger charge is -2.10. The van der Waals surface area contributed by atoms with Crippen LogP contribution in [0.4, 0.5) is 0 Å². The molecule has 0 unspecified atom stereocenters. The summed E-state index contributed by atoms with van der Waals surface area (Å²) >= 11 is 0. The molecule has 0 aliphatic carbocycles. The maximum absolute atomic E-state index is 2.32. The Morgan fingerprint density at radius 3 is 2.20 bits per heavy atom. The van der Waals surface area contributed by atoms with Gasteiger partial charge in [0.05, 0.1) is 0 Å². The predicted molar refractivity (Wildman–Crippen MR) is 87.7 cm³/mol. The minimum absolute atomic E-state index is 0.378. The monoisotopic (exact) mass is 254 g/mol. The van der Waals surface area contributed by atoms with E-state index >= 15 is 0 Å². The second kappa shape index (κ2) is 4.38. The number of hydrogen-bond acceptors (Lipinski definition) is 0. The first-order valence-corrected chi connectivity index (χ1v) is 7.09. The fraction of sp³-hybridized carbons (Fsp3) is 0.0526. The first-order chi connectivity index (χ1) is 9.84. The van der Waals surface area contributed by atoms with Crippen LogP contribution in [0.5, 0.6) is 0 Å². The van der Waals surface area contributed by atoms with Gasteiger partial charge in [0.1, 0.15) is 0 Å². The van der Waals surface area contributed by atoms with Crippen molar-refractivity contribution >= 4 is 23.1 Å². The second-order valence-electron chi connectivity index (χ2n) is 5.52. The Bertz CT molecular complexity index is 775. The number of aryl methyl sites for hydroxylation is 1. The van der Waals surface area contributed by atoms with Crippen LogP contribution in [0.1, 0.15) is 5.56 Å². The van der Waals surface area contributed by atoms with Crippen molar-refractivity contribution in [2.24, 2.45) is 0 Å². The Morgan fingerprint density at radius 2 is 1.35 bits per heavy atom. The van der Waals surface area contributed by atoms with Gasteiger partial charge in [0.2, 0.25) is 6.71 Å². The van der Waals surface area contributed by atoms with E-state index in [-0.39, 0.29) is 0 Å². The molecular formula is C19H15B. The number of hydrogen-bond donors (Lipinski definition) is 0. The Morgan fingerprint density at radius 1 is 0.650 bits per heavy atom. The summed E-state index contributed by atoms with van der Waals surface area (Å²) in [5, 5.41) is 0. The van der Waals surface area contributed by atoms with Crippen molar-refractivity contribution < 1.29 is 0 Å². The summed E-state index contributed by atoms with van der Waals surface area (Å²) in [5.41, 5.74) is 8.35. The summed E-state index contributed by atoms with van der Waals surface area (Å²) in [5.74, 6) is 0. The third-order valence-electron chi connectivity index (χ3n) is 4.21. The number of fused-ring (bicyclic) bond motifs is 3. The maximum Gasteiger partial charge on any atom is 0.242 e. The SMILES string of the molecule is Cc1ccc2c(c1)-c1ccccc1B2c1ccccc1. The van der Waals surface area contributed by atoms with Gasteiger partial charge in [-0.3, -0.25) is 0 Å². The predicted octanol–water partition coefficient (Wildman–Crippen LogP) is 2.49. The molecule has 0 bridgehead atoms. The summed E-state index contributed by atoms with van der Waals surface area (Å²) in [4.78, 5) is 0. The van der Waals surface area contributed by atoms with Crippen molar-refractivity contribution in [3.05, 3.63) is 78.4 Å². The van der Waals surface area contributed by atoms with Crippen LogP contribution in [0.15, 0.2) is 72.8 Å². The van der Waals surface area contributed by atoms with E-state index < -0.39 is 0 Å². The molecule has 0 fully saturated rings. The molecule has 1 heterocycles. The van der Waals surface area contributed by atoms with Crippen molar-refractivity contribution in [1.29, 1.82) is 0 Å². The first kappa shape index (κ1) is 11.5.